The molecule has 1 heterocycles. The van der Waals surface area contributed by atoms with Crippen LogP contribution in [0.15, 0.2) is 0 Å². The zero-order valence-electron chi connectivity index (χ0n) is 10.7. The number of nitrogens with two attached hydrogens (primary N) is 1. The third-order valence-corrected chi connectivity index (χ3v) is 3.26. The number of aliphatic carboxylic acids is 1. The first kappa shape index (κ1) is 14.9. The predicted octanol–water partition coefficient (Wildman–Crippen LogP) is -0.0596. The Bertz CT molecular complexity index is 306. The number of likely N-dealkylation sites (tertiary alicyclic amines) is 1. The van der Waals surface area contributed by atoms with Crippen LogP contribution in [0.1, 0.15) is 39.0 Å². The quantitative estimate of drug-likeness (QED) is 0.619. The topological polar surface area (TPSA) is 104 Å². The maximum Gasteiger partial charge on any atom is 0.303 e. The highest BCUT2D eigenvalue weighted by Gasteiger charge is 2.32. The van der Waals surface area contributed by atoms with E-state index < -0.39 is 18.1 Å². The average Bonchev–Trinajstić information content (AvgIpc) is 2.71. The number of aliphatic hydroxyl groups excluding tert-OH is 1. The molecule has 6 nitrogen and oxygen atoms in total. The lowest BCUT2D eigenvalue weighted by atomic mass is 10.1. The van der Waals surface area contributed by atoms with Crippen molar-refractivity contribution in [3.8, 4) is 0 Å². The van der Waals surface area contributed by atoms with Crippen molar-refractivity contribution in [2.24, 2.45) is 5.73 Å². The Hall–Kier alpha value is -1.14. The molecular formula is C12H22N2O4. The minimum atomic E-state index is -0.944. The molecule has 1 rings (SSSR count). The molecule has 0 aliphatic carbocycles. The molecule has 104 valence electrons. The number of nitrogens with zero attached hydrogens (tertiary/aromatic N) is 1. The zero-order chi connectivity index (χ0) is 13.7. The normalized spacial score (nSPS) is 22.8. The Morgan fingerprint density at radius 2 is 2.17 bits per heavy atom. The summed E-state index contributed by atoms with van der Waals surface area (Å²) in [6, 6.07) is -0.718. The molecule has 0 saturated carbocycles. The first-order chi connectivity index (χ1) is 8.41. The van der Waals surface area contributed by atoms with E-state index in [4.69, 9.17) is 10.8 Å². The number of hydrogen-bond donors (Lipinski definition) is 3. The van der Waals surface area contributed by atoms with E-state index in [1.165, 1.54) is 0 Å². The van der Waals surface area contributed by atoms with Gasteiger partial charge in [0.25, 0.3) is 0 Å². The van der Waals surface area contributed by atoms with Gasteiger partial charge in [0.2, 0.25) is 5.91 Å². The molecule has 1 saturated heterocycles. The number of rotatable bonds is 6. The molecule has 0 aromatic rings. The van der Waals surface area contributed by atoms with E-state index in [1.807, 2.05) is 0 Å². The fourth-order valence-corrected chi connectivity index (χ4v) is 2.38. The van der Waals surface area contributed by atoms with Gasteiger partial charge in [0.1, 0.15) is 0 Å². The van der Waals surface area contributed by atoms with Gasteiger partial charge < -0.3 is 20.8 Å². The lowest BCUT2D eigenvalue weighted by Crippen LogP contribution is -2.46. The Balaban J connectivity index is 2.51. The minimum Gasteiger partial charge on any atom is -0.481 e. The number of amides is 1. The third kappa shape index (κ3) is 4.27. The Labute approximate surface area is 107 Å². The van der Waals surface area contributed by atoms with E-state index in [0.29, 0.717) is 13.0 Å². The van der Waals surface area contributed by atoms with E-state index in [9.17, 15) is 14.7 Å². The molecule has 18 heavy (non-hydrogen) atoms. The van der Waals surface area contributed by atoms with Crippen molar-refractivity contribution < 1.29 is 19.8 Å². The van der Waals surface area contributed by atoms with Crippen molar-refractivity contribution in [3.05, 3.63) is 0 Å². The first-order valence-electron chi connectivity index (χ1n) is 6.37. The van der Waals surface area contributed by atoms with Crippen LogP contribution in [0.2, 0.25) is 0 Å². The number of hydrogen-bond acceptors (Lipinski definition) is 4. The van der Waals surface area contributed by atoms with Crippen molar-refractivity contribution in [1.29, 1.82) is 0 Å². The lowest BCUT2D eigenvalue weighted by Gasteiger charge is -2.28. The highest BCUT2D eigenvalue weighted by molar-refractivity contribution is 5.82. The van der Waals surface area contributed by atoms with E-state index in [0.717, 1.165) is 12.8 Å². The molecule has 3 unspecified atom stereocenters. The molecule has 1 aliphatic rings. The lowest BCUT2D eigenvalue weighted by molar-refractivity contribution is -0.137. The van der Waals surface area contributed by atoms with Gasteiger partial charge in [-0.1, -0.05) is 0 Å². The molecule has 0 radical (unpaired) electrons. The molecular weight excluding hydrogens is 236 g/mol. The molecule has 0 aromatic carbocycles. The monoisotopic (exact) mass is 258 g/mol. The Morgan fingerprint density at radius 1 is 1.50 bits per heavy atom. The van der Waals surface area contributed by atoms with Gasteiger partial charge in [-0.25, -0.2) is 0 Å². The maximum absolute atomic E-state index is 12.1. The van der Waals surface area contributed by atoms with Crippen molar-refractivity contribution in [3.63, 3.8) is 0 Å². The number of carboxylic acid groups (broad SMARTS) is 1. The molecule has 0 aromatic heterocycles. The molecule has 1 fully saturated rings. The number of carboxylic acids is 1. The van der Waals surface area contributed by atoms with Gasteiger partial charge in [0.15, 0.2) is 0 Å². The number of carbonyl (C=O) groups is 2. The number of carbonyl (C=O) groups excluding carboxylic acids is 1. The second-order valence-electron chi connectivity index (χ2n) is 4.95. The summed E-state index contributed by atoms with van der Waals surface area (Å²) in [5, 5.41) is 17.9. The number of aliphatic hydroxyl groups is 1. The summed E-state index contributed by atoms with van der Waals surface area (Å²) in [4.78, 5) is 24.2. The molecule has 1 aliphatic heterocycles. The summed E-state index contributed by atoms with van der Waals surface area (Å²) >= 11 is 0. The van der Waals surface area contributed by atoms with Gasteiger partial charge in [-0.3, -0.25) is 9.59 Å². The largest absolute Gasteiger partial charge is 0.481 e. The van der Waals surface area contributed by atoms with Crippen LogP contribution >= 0.6 is 0 Å². The van der Waals surface area contributed by atoms with Gasteiger partial charge in [-0.15, -0.1) is 0 Å². The molecule has 0 spiro atoms. The van der Waals surface area contributed by atoms with Crippen LogP contribution in [0.4, 0.5) is 0 Å². The summed E-state index contributed by atoms with van der Waals surface area (Å²) in [6.07, 6.45) is 1.96. The van der Waals surface area contributed by atoms with Gasteiger partial charge in [-0.2, -0.15) is 0 Å². The maximum atomic E-state index is 12.1. The Morgan fingerprint density at radius 3 is 2.72 bits per heavy atom. The molecule has 4 N–H and O–H groups in total. The summed E-state index contributed by atoms with van der Waals surface area (Å²) in [5.41, 5.74) is 5.72. The van der Waals surface area contributed by atoms with Gasteiger partial charge in [-0.05, 0) is 32.6 Å². The second kappa shape index (κ2) is 6.70. The highest BCUT2D eigenvalue weighted by atomic mass is 16.4. The third-order valence-electron chi connectivity index (χ3n) is 3.26. The van der Waals surface area contributed by atoms with E-state index in [-0.39, 0.29) is 24.8 Å². The highest BCUT2D eigenvalue weighted by Crippen LogP contribution is 2.22. The molecule has 3 atom stereocenters. The SMILES string of the molecule is CC(O)CC1CCCN1C(=O)C(N)CCC(=O)O. The molecule has 6 heteroatoms. The fourth-order valence-electron chi connectivity index (χ4n) is 2.38. The van der Waals surface area contributed by atoms with Crippen LogP contribution in [0.3, 0.4) is 0 Å². The van der Waals surface area contributed by atoms with Crippen LogP contribution in [0, 0.1) is 0 Å². The minimum absolute atomic E-state index is 0.0355. The van der Waals surface area contributed by atoms with E-state index >= 15 is 0 Å². The first-order valence-corrected chi connectivity index (χ1v) is 6.37. The second-order valence-corrected chi connectivity index (χ2v) is 4.95. The van der Waals surface area contributed by atoms with Crippen molar-refractivity contribution in [1.82, 2.24) is 4.90 Å². The van der Waals surface area contributed by atoms with E-state index in [1.54, 1.807) is 11.8 Å². The zero-order valence-corrected chi connectivity index (χ0v) is 10.7. The summed E-state index contributed by atoms with van der Waals surface area (Å²) < 4.78 is 0. The van der Waals surface area contributed by atoms with Gasteiger partial charge >= 0.3 is 5.97 Å². The molecule has 0 bridgehead atoms. The predicted molar refractivity (Wildman–Crippen MR) is 65.9 cm³/mol. The summed E-state index contributed by atoms with van der Waals surface area (Å²) in [6.45, 7) is 2.35. The van der Waals surface area contributed by atoms with E-state index in [2.05, 4.69) is 0 Å². The average molecular weight is 258 g/mol. The van der Waals surface area contributed by atoms with Crippen molar-refractivity contribution in [2.75, 3.05) is 6.54 Å². The summed E-state index contributed by atoms with van der Waals surface area (Å²) in [7, 11) is 0. The van der Waals surface area contributed by atoms with Crippen LogP contribution in [-0.4, -0.2) is 51.7 Å². The van der Waals surface area contributed by atoms with Crippen molar-refractivity contribution >= 4 is 11.9 Å². The van der Waals surface area contributed by atoms with Crippen LogP contribution in [-0.2, 0) is 9.59 Å². The van der Waals surface area contributed by atoms with Gasteiger partial charge in [0.05, 0.1) is 12.1 Å². The van der Waals surface area contributed by atoms with Gasteiger partial charge in [0, 0.05) is 19.0 Å². The smallest absolute Gasteiger partial charge is 0.303 e. The van der Waals surface area contributed by atoms with Crippen molar-refractivity contribution in [2.45, 2.75) is 57.2 Å². The standard InChI is InChI=1S/C12H22N2O4/c1-8(15)7-9-3-2-6-14(9)12(18)10(13)4-5-11(16)17/h8-10,15H,2-7,13H2,1H3,(H,16,17). The summed E-state index contributed by atoms with van der Waals surface area (Å²) in [5.74, 6) is -1.14. The van der Waals surface area contributed by atoms with Crippen LogP contribution in [0.5, 0.6) is 0 Å². The Kier molecular flexibility index (Phi) is 5.55. The van der Waals surface area contributed by atoms with Crippen LogP contribution < -0.4 is 5.73 Å². The van der Waals surface area contributed by atoms with Crippen LogP contribution in [0.25, 0.3) is 0 Å². The fraction of sp³-hybridized carbons (Fsp3) is 0.833. The molecule has 1 amide bonds.